The highest BCUT2D eigenvalue weighted by molar-refractivity contribution is 6.33. The molecule has 1 aliphatic carbocycles. The Bertz CT molecular complexity index is 619. The summed E-state index contributed by atoms with van der Waals surface area (Å²) in [4.78, 5) is 27.0. The number of amides is 2. The maximum atomic E-state index is 12.7. The summed E-state index contributed by atoms with van der Waals surface area (Å²) >= 11 is 6.05. The smallest absolute Gasteiger partial charge is 0.253 e. The predicted molar refractivity (Wildman–Crippen MR) is 95.0 cm³/mol. The highest BCUT2D eigenvalue weighted by Crippen LogP contribution is 2.36. The van der Waals surface area contributed by atoms with E-state index in [1.807, 2.05) is 4.90 Å². The van der Waals surface area contributed by atoms with Crippen molar-refractivity contribution in [3.8, 4) is 0 Å². The molecular formula is C19H25ClN2O2. The number of halogens is 1. The molecule has 2 aliphatic rings. The van der Waals surface area contributed by atoms with Gasteiger partial charge < -0.3 is 10.2 Å². The highest BCUT2D eigenvalue weighted by atomic mass is 35.5. The van der Waals surface area contributed by atoms with Crippen LogP contribution in [0.5, 0.6) is 0 Å². The molecule has 3 rings (SSSR count). The average molecular weight is 349 g/mol. The lowest BCUT2D eigenvalue weighted by Crippen LogP contribution is -2.52. The van der Waals surface area contributed by atoms with Crippen LogP contribution in [-0.4, -0.2) is 35.8 Å². The van der Waals surface area contributed by atoms with Gasteiger partial charge in [-0.2, -0.15) is 0 Å². The Labute approximate surface area is 148 Å². The molecule has 0 spiro atoms. The Morgan fingerprint density at radius 3 is 2.62 bits per heavy atom. The Kier molecular flexibility index (Phi) is 5.44. The zero-order chi connectivity index (χ0) is 17.1. The first-order valence-electron chi connectivity index (χ1n) is 8.90. The fourth-order valence-corrected chi connectivity index (χ4v) is 4.28. The van der Waals surface area contributed by atoms with Gasteiger partial charge in [0.15, 0.2) is 0 Å². The number of rotatable bonds is 3. The Morgan fingerprint density at radius 1 is 1.17 bits per heavy atom. The van der Waals surface area contributed by atoms with E-state index in [9.17, 15) is 9.59 Å². The van der Waals surface area contributed by atoms with Crippen molar-refractivity contribution in [2.45, 2.75) is 45.1 Å². The summed E-state index contributed by atoms with van der Waals surface area (Å²) in [5, 5.41) is 3.19. The third-order valence-corrected chi connectivity index (χ3v) is 5.77. The van der Waals surface area contributed by atoms with Crippen molar-refractivity contribution in [2.24, 2.45) is 11.8 Å². The predicted octanol–water partition coefficient (Wildman–Crippen LogP) is 3.50. The molecule has 1 aromatic carbocycles. The third kappa shape index (κ3) is 3.75. The van der Waals surface area contributed by atoms with Crippen LogP contribution in [0, 0.1) is 11.8 Å². The summed E-state index contributed by atoms with van der Waals surface area (Å²) < 4.78 is 0. The molecule has 1 heterocycles. The van der Waals surface area contributed by atoms with Crippen molar-refractivity contribution < 1.29 is 9.59 Å². The van der Waals surface area contributed by atoms with Gasteiger partial charge in [0.25, 0.3) is 5.91 Å². The zero-order valence-electron chi connectivity index (χ0n) is 14.1. The van der Waals surface area contributed by atoms with E-state index in [1.165, 1.54) is 25.7 Å². The van der Waals surface area contributed by atoms with Gasteiger partial charge >= 0.3 is 0 Å². The number of carbonyl (C=O) groups is 2. The van der Waals surface area contributed by atoms with E-state index < -0.39 is 6.04 Å². The minimum Gasteiger partial charge on any atom is -0.341 e. The molecule has 0 unspecified atom stereocenters. The Hall–Kier alpha value is -1.55. The largest absolute Gasteiger partial charge is 0.341 e. The van der Waals surface area contributed by atoms with Crippen molar-refractivity contribution in [1.82, 2.24) is 10.2 Å². The lowest BCUT2D eigenvalue weighted by Gasteiger charge is -2.42. The molecule has 1 aliphatic heterocycles. The molecule has 1 saturated heterocycles. The molecule has 1 N–H and O–H groups in total. The van der Waals surface area contributed by atoms with Gasteiger partial charge in [-0.05, 0) is 43.7 Å². The molecule has 130 valence electrons. The summed E-state index contributed by atoms with van der Waals surface area (Å²) in [6.45, 7) is 3.41. The second kappa shape index (κ2) is 7.56. The van der Waals surface area contributed by atoms with Crippen molar-refractivity contribution in [3.05, 3.63) is 34.9 Å². The summed E-state index contributed by atoms with van der Waals surface area (Å²) in [5.41, 5.74) is 0.407. The van der Waals surface area contributed by atoms with Crippen LogP contribution in [0.25, 0.3) is 0 Å². The molecule has 3 atom stereocenters. The Balaban J connectivity index is 1.58. The highest BCUT2D eigenvalue weighted by Gasteiger charge is 2.34. The van der Waals surface area contributed by atoms with Crippen LogP contribution < -0.4 is 5.32 Å². The Morgan fingerprint density at radius 2 is 1.88 bits per heavy atom. The monoisotopic (exact) mass is 348 g/mol. The number of nitrogens with zero attached hydrogens (tertiary/aromatic N) is 1. The number of carbonyl (C=O) groups excluding carboxylic acids is 2. The molecule has 2 amide bonds. The average Bonchev–Trinajstić information content (AvgIpc) is 2.60. The van der Waals surface area contributed by atoms with Gasteiger partial charge in [0.2, 0.25) is 5.91 Å². The van der Waals surface area contributed by atoms with Crippen LogP contribution in [0.3, 0.4) is 0 Å². The minimum absolute atomic E-state index is 0.0134. The van der Waals surface area contributed by atoms with Gasteiger partial charge in [-0.1, -0.05) is 43.0 Å². The van der Waals surface area contributed by atoms with Crippen molar-refractivity contribution in [1.29, 1.82) is 0 Å². The van der Waals surface area contributed by atoms with Gasteiger partial charge in [0.05, 0.1) is 10.6 Å². The fourth-order valence-electron chi connectivity index (χ4n) is 4.06. The second-order valence-electron chi connectivity index (χ2n) is 7.05. The molecule has 24 heavy (non-hydrogen) atoms. The molecule has 5 heteroatoms. The fraction of sp³-hybridized carbons (Fsp3) is 0.579. The number of benzene rings is 1. The van der Waals surface area contributed by atoms with Crippen LogP contribution in [0.15, 0.2) is 24.3 Å². The van der Waals surface area contributed by atoms with E-state index in [1.54, 1.807) is 31.2 Å². The molecular weight excluding hydrogens is 324 g/mol. The maximum Gasteiger partial charge on any atom is 0.253 e. The first-order chi connectivity index (χ1) is 11.6. The lowest BCUT2D eigenvalue weighted by molar-refractivity contribution is -0.135. The van der Waals surface area contributed by atoms with E-state index in [0.29, 0.717) is 16.5 Å². The van der Waals surface area contributed by atoms with E-state index in [-0.39, 0.29) is 11.8 Å². The summed E-state index contributed by atoms with van der Waals surface area (Å²) in [6, 6.07) is 6.36. The lowest BCUT2D eigenvalue weighted by atomic mass is 9.75. The van der Waals surface area contributed by atoms with Crippen molar-refractivity contribution >= 4 is 23.4 Å². The molecule has 4 nitrogen and oxygen atoms in total. The maximum absolute atomic E-state index is 12.7. The van der Waals surface area contributed by atoms with Crippen LogP contribution in [0.1, 0.15) is 49.4 Å². The number of hydrogen-bond acceptors (Lipinski definition) is 2. The quantitative estimate of drug-likeness (QED) is 0.908. The summed E-state index contributed by atoms with van der Waals surface area (Å²) in [5.74, 6) is 1.15. The molecule has 1 saturated carbocycles. The van der Waals surface area contributed by atoms with Gasteiger partial charge in [0.1, 0.15) is 6.04 Å². The standard InChI is InChI=1S/C19H25ClN2O2/c1-13(21-18(23)16-8-4-5-9-17(16)20)19(24)22-11-10-14-6-2-3-7-15(14)12-22/h4-5,8-9,13-15H,2-3,6-7,10-12H2,1H3,(H,21,23)/t13-,14-,15-/m0/s1. The number of fused-ring (bicyclic) bond motifs is 1. The third-order valence-electron chi connectivity index (χ3n) is 5.44. The molecule has 0 radical (unpaired) electrons. The topological polar surface area (TPSA) is 49.4 Å². The van der Waals surface area contributed by atoms with Gasteiger partial charge in [-0.3, -0.25) is 9.59 Å². The minimum atomic E-state index is -0.533. The molecule has 2 fully saturated rings. The molecule has 0 aromatic heterocycles. The number of nitrogens with one attached hydrogen (secondary N) is 1. The number of hydrogen-bond donors (Lipinski definition) is 1. The summed E-state index contributed by atoms with van der Waals surface area (Å²) in [6.07, 6.45) is 6.25. The van der Waals surface area contributed by atoms with Gasteiger partial charge in [-0.15, -0.1) is 0 Å². The van der Waals surface area contributed by atoms with Gasteiger partial charge in [0, 0.05) is 13.1 Å². The first-order valence-corrected chi connectivity index (χ1v) is 9.28. The van der Waals surface area contributed by atoms with Crippen molar-refractivity contribution in [3.63, 3.8) is 0 Å². The van der Waals surface area contributed by atoms with Crippen LogP contribution >= 0.6 is 11.6 Å². The van der Waals surface area contributed by atoms with Crippen molar-refractivity contribution in [2.75, 3.05) is 13.1 Å². The van der Waals surface area contributed by atoms with E-state index >= 15 is 0 Å². The van der Waals surface area contributed by atoms with Crippen LogP contribution in [-0.2, 0) is 4.79 Å². The normalized spacial score (nSPS) is 24.8. The number of likely N-dealkylation sites (tertiary alicyclic amines) is 1. The SMILES string of the molecule is C[C@H](NC(=O)c1ccccc1Cl)C(=O)N1CC[C@@H]2CCCC[C@H]2C1. The molecule has 0 bridgehead atoms. The van der Waals surface area contributed by atoms with Gasteiger partial charge in [-0.25, -0.2) is 0 Å². The van der Waals surface area contributed by atoms with E-state index in [4.69, 9.17) is 11.6 Å². The molecule has 1 aromatic rings. The zero-order valence-corrected chi connectivity index (χ0v) is 14.9. The van der Waals surface area contributed by atoms with Crippen LogP contribution in [0.4, 0.5) is 0 Å². The first kappa shape index (κ1) is 17.3. The van der Waals surface area contributed by atoms with Crippen LogP contribution in [0.2, 0.25) is 5.02 Å². The number of piperidine rings is 1. The second-order valence-corrected chi connectivity index (χ2v) is 7.46. The summed E-state index contributed by atoms with van der Waals surface area (Å²) in [7, 11) is 0. The van der Waals surface area contributed by atoms with E-state index in [2.05, 4.69) is 5.32 Å². The van der Waals surface area contributed by atoms with E-state index in [0.717, 1.165) is 25.4 Å².